The van der Waals surface area contributed by atoms with Crippen LogP contribution >= 0.6 is 0 Å². The molecule has 0 radical (unpaired) electrons. The third kappa shape index (κ3) is 2.05. The van der Waals surface area contributed by atoms with Crippen molar-refractivity contribution in [3.8, 4) is 11.4 Å². The van der Waals surface area contributed by atoms with Crippen LogP contribution in [0.3, 0.4) is 0 Å². The van der Waals surface area contributed by atoms with Gasteiger partial charge in [0.2, 0.25) is 5.43 Å². The molecular weight excluding hydrogens is 304 g/mol. The van der Waals surface area contributed by atoms with Crippen LogP contribution < -0.4 is 5.43 Å². The summed E-state index contributed by atoms with van der Waals surface area (Å²) in [5.41, 5.74) is 2.47. The molecule has 0 atom stereocenters. The summed E-state index contributed by atoms with van der Waals surface area (Å²) in [4.78, 5) is 25.5. The van der Waals surface area contributed by atoms with Gasteiger partial charge in [-0.15, -0.1) is 0 Å². The molecule has 1 aromatic carbocycles. The molecule has 0 spiro atoms. The number of benzene rings is 1. The molecule has 4 rings (SSSR count). The Labute approximate surface area is 139 Å². The Bertz CT molecular complexity index is 998. The third-order valence-corrected chi connectivity index (χ3v) is 4.47. The molecule has 2 aromatic heterocycles. The van der Waals surface area contributed by atoms with Crippen molar-refractivity contribution in [2.75, 3.05) is 13.2 Å². The molecule has 1 aliphatic heterocycles. The second-order valence-corrected chi connectivity index (χ2v) is 5.84. The van der Waals surface area contributed by atoms with Crippen molar-refractivity contribution in [2.24, 2.45) is 0 Å². The maximum absolute atomic E-state index is 12.9. The van der Waals surface area contributed by atoms with Crippen molar-refractivity contribution in [1.82, 2.24) is 9.13 Å². The summed E-state index contributed by atoms with van der Waals surface area (Å²) >= 11 is 0. The molecule has 3 heterocycles. The van der Waals surface area contributed by atoms with E-state index in [1.807, 2.05) is 37.3 Å². The Balaban J connectivity index is 1.96. The summed E-state index contributed by atoms with van der Waals surface area (Å²) in [7, 11) is 0. The molecule has 0 saturated heterocycles. The number of aromatic nitrogens is 2. The Morgan fingerprint density at radius 3 is 2.75 bits per heavy atom. The van der Waals surface area contributed by atoms with E-state index in [-0.39, 0.29) is 16.9 Å². The van der Waals surface area contributed by atoms with Crippen molar-refractivity contribution in [1.29, 1.82) is 0 Å². The molecule has 0 amide bonds. The maximum Gasteiger partial charge on any atom is 0.268 e. The van der Waals surface area contributed by atoms with Gasteiger partial charge < -0.3 is 9.30 Å². The van der Waals surface area contributed by atoms with Crippen molar-refractivity contribution in [3.05, 3.63) is 58.4 Å². The first-order valence-corrected chi connectivity index (χ1v) is 8.19. The summed E-state index contributed by atoms with van der Waals surface area (Å²) in [6.45, 7) is 4.00. The van der Waals surface area contributed by atoms with Gasteiger partial charge in [0, 0.05) is 31.3 Å². The van der Waals surface area contributed by atoms with Crippen LogP contribution in [-0.2, 0) is 11.3 Å². The SMILES string of the molecule is CCOCCCn1c2c(c(=O)c3ccccc31)C(=O)n1cccc1-2. The lowest BCUT2D eigenvalue weighted by molar-refractivity contribution is 0.0968. The maximum atomic E-state index is 12.9. The van der Waals surface area contributed by atoms with E-state index >= 15 is 0 Å². The molecule has 0 bridgehead atoms. The van der Waals surface area contributed by atoms with Gasteiger partial charge >= 0.3 is 0 Å². The van der Waals surface area contributed by atoms with Gasteiger partial charge in [-0.25, -0.2) is 0 Å². The molecule has 24 heavy (non-hydrogen) atoms. The lowest BCUT2D eigenvalue weighted by Crippen LogP contribution is -2.20. The number of ether oxygens (including phenoxy) is 1. The highest BCUT2D eigenvalue weighted by atomic mass is 16.5. The molecule has 0 N–H and O–H groups in total. The monoisotopic (exact) mass is 322 g/mol. The van der Waals surface area contributed by atoms with E-state index in [1.165, 1.54) is 0 Å². The van der Waals surface area contributed by atoms with Crippen LogP contribution in [0.25, 0.3) is 22.3 Å². The molecule has 122 valence electrons. The van der Waals surface area contributed by atoms with Crippen molar-refractivity contribution < 1.29 is 9.53 Å². The van der Waals surface area contributed by atoms with Crippen LogP contribution in [0.5, 0.6) is 0 Å². The minimum Gasteiger partial charge on any atom is -0.382 e. The lowest BCUT2D eigenvalue weighted by Gasteiger charge is -2.16. The fourth-order valence-electron chi connectivity index (χ4n) is 3.44. The Kier molecular flexibility index (Phi) is 3.58. The van der Waals surface area contributed by atoms with E-state index in [0.717, 1.165) is 23.3 Å². The van der Waals surface area contributed by atoms with Crippen LogP contribution in [0.1, 0.15) is 23.7 Å². The number of fused-ring (bicyclic) bond motifs is 4. The minimum absolute atomic E-state index is 0.185. The van der Waals surface area contributed by atoms with E-state index in [0.29, 0.717) is 25.1 Å². The lowest BCUT2D eigenvalue weighted by atomic mass is 10.1. The zero-order valence-corrected chi connectivity index (χ0v) is 13.5. The second-order valence-electron chi connectivity index (χ2n) is 5.84. The van der Waals surface area contributed by atoms with Gasteiger partial charge in [0.1, 0.15) is 5.56 Å². The quantitative estimate of drug-likeness (QED) is 0.531. The summed E-state index contributed by atoms with van der Waals surface area (Å²) in [5.74, 6) is -0.237. The standard InChI is InChI=1S/C19H18N2O3/c1-2-24-12-6-11-20-14-8-4-3-7-13(14)18(22)16-17(20)15-9-5-10-21(15)19(16)23/h3-5,7-10H,2,6,11-12H2,1H3. The number of hydrogen-bond acceptors (Lipinski definition) is 3. The summed E-state index contributed by atoms with van der Waals surface area (Å²) in [6.07, 6.45) is 2.54. The highest BCUT2D eigenvalue weighted by molar-refractivity contribution is 6.10. The smallest absolute Gasteiger partial charge is 0.268 e. The van der Waals surface area contributed by atoms with E-state index in [4.69, 9.17) is 4.74 Å². The number of carbonyl (C=O) groups is 1. The summed E-state index contributed by atoms with van der Waals surface area (Å²) in [5, 5.41) is 0.590. The first-order chi connectivity index (χ1) is 11.7. The Morgan fingerprint density at radius 1 is 1.08 bits per heavy atom. The van der Waals surface area contributed by atoms with Crippen LogP contribution in [0.4, 0.5) is 0 Å². The highest BCUT2D eigenvalue weighted by Gasteiger charge is 2.32. The number of para-hydroxylation sites is 1. The number of nitrogens with zero attached hydrogens (tertiary/aromatic N) is 2. The highest BCUT2D eigenvalue weighted by Crippen LogP contribution is 2.33. The number of hydrogen-bond donors (Lipinski definition) is 0. The van der Waals surface area contributed by atoms with Crippen LogP contribution in [-0.4, -0.2) is 28.3 Å². The van der Waals surface area contributed by atoms with Gasteiger partial charge in [-0.05, 0) is 37.6 Å². The number of pyridine rings is 1. The van der Waals surface area contributed by atoms with Gasteiger partial charge in [0.05, 0.1) is 16.9 Å². The van der Waals surface area contributed by atoms with E-state index in [2.05, 4.69) is 4.57 Å². The van der Waals surface area contributed by atoms with Crippen LogP contribution in [0.2, 0.25) is 0 Å². The predicted molar refractivity (Wildman–Crippen MR) is 92.5 cm³/mol. The molecule has 0 aliphatic carbocycles. The predicted octanol–water partition coefficient (Wildman–Crippen LogP) is 2.90. The molecule has 1 aliphatic rings. The largest absolute Gasteiger partial charge is 0.382 e. The molecule has 5 heteroatoms. The van der Waals surface area contributed by atoms with Gasteiger partial charge in [0.25, 0.3) is 5.91 Å². The molecule has 5 nitrogen and oxygen atoms in total. The zero-order chi connectivity index (χ0) is 16.7. The average Bonchev–Trinajstić information content (AvgIpc) is 3.17. The number of carbonyl (C=O) groups excluding carboxylic acids is 1. The van der Waals surface area contributed by atoms with Gasteiger partial charge in [-0.1, -0.05) is 12.1 Å². The molecule has 0 fully saturated rings. The van der Waals surface area contributed by atoms with Gasteiger partial charge in [-0.3, -0.25) is 14.2 Å². The second kappa shape index (κ2) is 5.76. The first kappa shape index (κ1) is 14.9. The number of aryl methyl sites for hydroxylation is 1. The minimum atomic E-state index is -0.237. The van der Waals surface area contributed by atoms with Crippen molar-refractivity contribution >= 4 is 16.8 Å². The van der Waals surface area contributed by atoms with Gasteiger partial charge in [-0.2, -0.15) is 0 Å². The Hall–Kier alpha value is -2.66. The number of rotatable bonds is 5. The average molecular weight is 322 g/mol. The van der Waals surface area contributed by atoms with Crippen molar-refractivity contribution in [3.63, 3.8) is 0 Å². The van der Waals surface area contributed by atoms with Crippen LogP contribution in [0.15, 0.2) is 47.4 Å². The van der Waals surface area contributed by atoms with Crippen LogP contribution in [0, 0.1) is 0 Å². The zero-order valence-electron chi connectivity index (χ0n) is 13.5. The molecule has 3 aromatic rings. The Morgan fingerprint density at radius 2 is 1.92 bits per heavy atom. The van der Waals surface area contributed by atoms with Gasteiger partial charge in [0.15, 0.2) is 0 Å². The first-order valence-electron chi connectivity index (χ1n) is 8.19. The summed E-state index contributed by atoms with van der Waals surface area (Å²) in [6, 6.07) is 11.2. The molecule has 0 unspecified atom stereocenters. The van der Waals surface area contributed by atoms with Crippen molar-refractivity contribution in [2.45, 2.75) is 19.9 Å². The normalized spacial score (nSPS) is 12.6. The topological polar surface area (TPSA) is 53.2 Å². The molecular formula is C19H18N2O3. The summed E-state index contributed by atoms with van der Waals surface area (Å²) < 4.78 is 9.08. The van der Waals surface area contributed by atoms with E-state index in [1.54, 1.807) is 16.8 Å². The van der Waals surface area contributed by atoms with E-state index < -0.39 is 0 Å². The fraction of sp³-hybridized carbons (Fsp3) is 0.263. The molecule has 0 saturated carbocycles. The third-order valence-electron chi connectivity index (χ3n) is 4.47. The van der Waals surface area contributed by atoms with E-state index in [9.17, 15) is 9.59 Å². The fourth-order valence-corrected chi connectivity index (χ4v) is 3.44.